The standard InChI is InChI=1S/C16H20N2O/c1-16(2,11-17)12-4-3-5-15(10-12)19-14-8-6-13(18)7-9-14/h3-10H,11,17-18H2,1-2H3. The Balaban J connectivity index is 2.22. The molecule has 0 aliphatic rings. The molecule has 0 saturated heterocycles. The smallest absolute Gasteiger partial charge is 0.127 e. The van der Waals surface area contributed by atoms with E-state index in [1.54, 1.807) is 0 Å². The van der Waals surface area contributed by atoms with Crippen LogP contribution in [0.4, 0.5) is 5.69 Å². The quantitative estimate of drug-likeness (QED) is 0.825. The number of ether oxygens (including phenoxy) is 1. The second-order valence-corrected chi connectivity index (χ2v) is 5.29. The van der Waals surface area contributed by atoms with Gasteiger partial charge in [-0.15, -0.1) is 0 Å². The van der Waals surface area contributed by atoms with Crippen LogP contribution in [0.2, 0.25) is 0 Å². The lowest BCUT2D eigenvalue weighted by molar-refractivity contribution is 0.476. The van der Waals surface area contributed by atoms with E-state index in [1.165, 1.54) is 5.56 Å². The van der Waals surface area contributed by atoms with Gasteiger partial charge in [-0.05, 0) is 42.0 Å². The Hall–Kier alpha value is -2.00. The number of benzene rings is 2. The number of rotatable bonds is 4. The predicted molar refractivity (Wildman–Crippen MR) is 79.5 cm³/mol. The SMILES string of the molecule is CC(C)(CN)c1cccc(Oc2ccc(N)cc2)c1. The lowest BCUT2D eigenvalue weighted by Crippen LogP contribution is -2.27. The van der Waals surface area contributed by atoms with E-state index >= 15 is 0 Å². The fourth-order valence-corrected chi connectivity index (χ4v) is 1.77. The van der Waals surface area contributed by atoms with Crippen molar-refractivity contribution < 1.29 is 4.74 Å². The predicted octanol–water partition coefficient (Wildman–Crippen LogP) is 3.30. The Morgan fingerprint density at radius 3 is 2.32 bits per heavy atom. The Kier molecular flexibility index (Phi) is 3.76. The minimum absolute atomic E-state index is 0.0551. The van der Waals surface area contributed by atoms with Crippen molar-refractivity contribution in [2.75, 3.05) is 12.3 Å². The van der Waals surface area contributed by atoms with Gasteiger partial charge in [-0.2, -0.15) is 0 Å². The summed E-state index contributed by atoms with van der Waals surface area (Å²) in [6, 6.07) is 15.4. The van der Waals surface area contributed by atoms with Crippen LogP contribution in [-0.4, -0.2) is 6.54 Å². The minimum Gasteiger partial charge on any atom is -0.457 e. The van der Waals surface area contributed by atoms with Gasteiger partial charge in [0.1, 0.15) is 11.5 Å². The van der Waals surface area contributed by atoms with E-state index in [2.05, 4.69) is 19.9 Å². The number of nitrogens with two attached hydrogens (primary N) is 2. The maximum atomic E-state index is 5.82. The average Bonchev–Trinajstić information content (AvgIpc) is 2.42. The van der Waals surface area contributed by atoms with Gasteiger partial charge >= 0.3 is 0 Å². The first-order chi connectivity index (χ1) is 9.01. The van der Waals surface area contributed by atoms with Crippen molar-refractivity contribution in [3.8, 4) is 11.5 Å². The van der Waals surface area contributed by atoms with E-state index < -0.39 is 0 Å². The normalized spacial score (nSPS) is 11.3. The fraction of sp³-hybridized carbons (Fsp3) is 0.250. The van der Waals surface area contributed by atoms with Gasteiger partial charge in [-0.3, -0.25) is 0 Å². The molecule has 4 N–H and O–H groups in total. The highest BCUT2D eigenvalue weighted by molar-refractivity contribution is 5.43. The first-order valence-electron chi connectivity index (χ1n) is 6.35. The molecule has 19 heavy (non-hydrogen) atoms. The lowest BCUT2D eigenvalue weighted by atomic mass is 9.85. The molecular formula is C16H20N2O. The molecule has 0 unspecified atom stereocenters. The molecule has 0 heterocycles. The summed E-state index contributed by atoms with van der Waals surface area (Å²) >= 11 is 0. The number of nitrogen functional groups attached to an aromatic ring is 1. The van der Waals surface area contributed by atoms with E-state index in [0.29, 0.717) is 6.54 Å². The lowest BCUT2D eigenvalue weighted by Gasteiger charge is -2.23. The molecule has 0 bridgehead atoms. The molecule has 2 rings (SSSR count). The van der Waals surface area contributed by atoms with Crippen LogP contribution in [0.15, 0.2) is 48.5 Å². The van der Waals surface area contributed by atoms with Crippen molar-refractivity contribution in [1.29, 1.82) is 0 Å². The highest BCUT2D eigenvalue weighted by Gasteiger charge is 2.18. The Labute approximate surface area is 114 Å². The maximum Gasteiger partial charge on any atom is 0.127 e. The fourth-order valence-electron chi connectivity index (χ4n) is 1.77. The van der Waals surface area contributed by atoms with E-state index in [-0.39, 0.29) is 5.41 Å². The second-order valence-electron chi connectivity index (χ2n) is 5.29. The molecule has 0 spiro atoms. The highest BCUT2D eigenvalue weighted by atomic mass is 16.5. The van der Waals surface area contributed by atoms with Crippen LogP contribution in [0.25, 0.3) is 0 Å². The van der Waals surface area contributed by atoms with Crippen LogP contribution in [0.1, 0.15) is 19.4 Å². The molecule has 0 aliphatic carbocycles. The van der Waals surface area contributed by atoms with E-state index in [4.69, 9.17) is 16.2 Å². The minimum atomic E-state index is -0.0551. The third-order valence-corrected chi connectivity index (χ3v) is 3.24. The molecule has 0 radical (unpaired) electrons. The molecule has 0 aromatic heterocycles. The summed E-state index contributed by atoms with van der Waals surface area (Å²) in [6.07, 6.45) is 0. The van der Waals surface area contributed by atoms with Crippen LogP contribution in [0.5, 0.6) is 11.5 Å². The summed E-state index contributed by atoms with van der Waals surface area (Å²) in [7, 11) is 0. The van der Waals surface area contributed by atoms with Gasteiger partial charge in [-0.25, -0.2) is 0 Å². The molecule has 2 aromatic rings. The monoisotopic (exact) mass is 256 g/mol. The Bertz CT molecular complexity index is 547. The van der Waals surface area contributed by atoms with Crippen LogP contribution < -0.4 is 16.2 Å². The van der Waals surface area contributed by atoms with Crippen molar-refractivity contribution >= 4 is 5.69 Å². The van der Waals surface area contributed by atoms with Gasteiger partial charge in [0.2, 0.25) is 0 Å². The molecule has 0 aliphatic heterocycles. The summed E-state index contributed by atoms with van der Waals surface area (Å²) in [5, 5.41) is 0. The maximum absolute atomic E-state index is 5.82. The topological polar surface area (TPSA) is 61.3 Å². The molecule has 0 atom stereocenters. The molecular weight excluding hydrogens is 236 g/mol. The Morgan fingerprint density at radius 1 is 1.00 bits per heavy atom. The third kappa shape index (κ3) is 3.26. The third-order valence-electron chi connectivity index (χ3n) is 3.24. The zero-order valence-corrected chi connectivity index (χ0v) is 11.4. The van der Waals surface area contributed by atoms with Crippen LogP contribution in [0, 0.1) is 0 Å². The van der Waals surface area contributed by atoms with Gasteiger partial charge in [0.15, 0.2) is 0 Å². The van der Waals surface area contributed by atoms with Crippen molar-refractivity contribution in [3.63, 3.8) is 0 Å². The molecule has 0 fully saturated rings. The van der Waals surface area contributed by atoms with Crippen LogP contribution >= 0.6 is 0 Å². The zero-order chi connectivity index (χ0) is 13.9. The largest absolute Gasteiger partial charge is 0.457 e. The van der Waals surface area contributed by atoms with E-state index in [1.807, 2.05) is 42.5 Å². The summed E-state index contributed by atoms with van der Waals surface area (Å²) in [5.74, 6) is 1.58. The zero-order valence-electron chi connectivity index (χ0n) is 11.4. The van der Waals surface area contributed by atoms with Crippen LogP contribution in [-0.2, 0) is 5.41 Å². The first kappa shape index (κ1) is 13.4. The van der Waals surface area contributed by atoms with Crippen molar-refractivity contribution in [2.45, 2.75) is 19.3 Å². The van der Waals surface area contributed by atoms with Crippen molar-refractivity contribution in [2.24, 2.45) is 5.73 Å². The average molecular weight is 256 g/mol. The molecule has 0 saturated carbocycles. The van der Waals surface area contributed by atoms with Crippen molar-refractivity contribution in [1.82, 2.24) is 0 Å². The Morgan fingerprint density at radius 2 is 1.68 bits per heavy atom. The van der Waals surface area contributed by atoms with Gasteiger partial charge < -0.3 is 16.2 Å². The van der Waals surface area contributed by atoms with E-state index in [9.17, 15) is 0 Å². The molecule has 2 aromatic carbocycles. The van der Waals surface area contributed by atoms with Crippen LogP contribution in [0.3, 0.4) is 0 Å². The van der Waals surface area contributed by atoms with E-state index in [0.717, 1.165) is 17.2 Å². The highest BCUT2D eigenvalue weighted by Crippen LogP contribution is 2.28. The second kappa shape index (κ2) is 5.33. The molecule has 0 amide bonds. The number of hydrogen-bond acceptors (Lipinski definition) is 3. The van der Waals surface area contributed by atoms with Gasteiger partial charge in [-0.1, -0.05) is 26.0 Å². The molecule has 100 valence electrons. The molecule has 3 nitrogen and oxygen atoms in total. The summed E-state index contributed by atoms with van der Waals surface area (Å²) in [4.78, 5) is 0. The summed E-state index contributed by atoms with van der Waals surface area (Å²) < 4.78 is 5.82. The summed E-state index contributed by atoms with van der Waals surface area (Å²) in [6.45, 7) is 4.84. The van der Waals surface area contributed by atoms with Gasteiger partial charge in [0, 0.05) is 17.6 Å². The first-order valence-corrected chi connectivity index (χ1v) is 6.35. The number of anilines is 1. The molecule has 3 heteroatoms. The van der Waals surface area contributed by atoms with Gasteiger partial charge in [0.25, 0.3) is 0 Å². The summed E-state index contributed by atoms with van der Waals surface area (Å²) in [5.41, 5.74) is 13.3. The number of hydrogen-bond donors (Lipinski definition) is 2. The van der Waals surface area contributed by atoms with Crippen molar-refractivity contribution in [3.05, 3.63) is 54.1 Å². The van der Waals surface area contributed by atoms with Gasteiger partial charge in [0.05, 0.1) is 0 Å².